The van der Waals surface area contributed by atoms with Gasteiger partial charge in [-0.15, -0.1) is 0 Å². The van der Waals surface area contributed by atoms with E-state index in [0.29, 0.717) is 12.6 Å². The van der Waals surface area contributed by atoms with Crippen LogP contribution in [0.25, 0.3) is 11.0 Å². The third-order valence-electron chi connectivity index (χ3n) is 4.12. The minimum atomic E-state index is -0.318. The largest absolute Gasteiger partial charge is 0.468 e. The lowest BCUT2D eigenvalue weighted by molar-refractivity contribution is -0.143. The van der Waals surface area contributed by atoms with Crippen LogP contribution in [0.2, 0.25) is 0 Å². The van der Waals surface area contributed by atoms with E-state index in [2.05, 4.69) is 36.3 Å². The number of hydrogen-bond donors (Lipinski definition) is 1. The molecule has 0 saturated heterocycles. The Morgan fingerprint density at radius 1 is 1.43 bits per heavy atom. The van der Waals surface area contributed by atoms with Crippen LogP contribution >= 0.6 is 0 Å². The Morgan fingerprint density at radius 2 is 2.14 bits per heavy atom. The number of aromatic nitrogens is 2. The summed E-state index contributed by atoms with van der Waals surface area (Å²) < 4.78 is 6.94. The average Bonchev–Trinajstić information content (AvgIpc) is 3.21. The summed E-state index contributed by atoms with van der Waals surface area (Å²) in [5.74, 6) is -0.215. The van der Waals surface area contributed by atoms with E-state index in [1.54, 1.807) is 6.33 Å². The Balaban J connectivity index is 1.87. The Labute approximate surface area is 124 Å². The van der Waals surface area contributed by atoms with E-state index in [4.69, 9.17) is 4.74 Å². The number of aryl methyl sites for hydroxylation is 2. The number of hydrogen-bond acceptors (Lipinski definition) is 4. The molecule has 21 heavy (non-hydrogen) atoms. The van der Waals surface area contributed by atoms with Crippen LogP contribution in [0.3, 0.4) is 0 Å². The van der Waals surface area contributed by atoms with Crippen molar-refractivity contribution in [3.63, 3.8) is 0 Å². The molecule has 112 valence electrons. The van der Waals surface area contributed by atoms with Gasteiger partial charge >= 0.3 is 5.97 Å². The number of nitrogens with zero attached hydrogens (tertiary/aromatic N) is 2. The molecule has 1 atom stereocenters. The number of fused-ring (bicyclic) bond motifs is 1. The number of carbonyl (C=O) groups is 1. The highest BCUT2D eigenvalue weighted by Gasteiger charge is 2.29. The van der Waals surface area contributed by atoms with Gasteiger partial charge in [0.25, 0.3) is 0 Å². The zero-order valence-electron chi connectivity index (χ0n) is 12.7. The van der Waals surface area contributed by atoms with Gasteiger partial charge in [0.05, 0.1) is 31.0 Å². The minimum Gasteiger partial charge on any atom is -0.468 e. The molecule has 1 aliphatic rings. The van der Waals surface area contributed by atoms with Crippen LogP contribution in [0.4, 0.5) is 0 Å². The fourth-order valence-corrected chi connectivity index (χ4v) is 2.53. The molecule has 3 rings (SSSR count). The highest BCUT2D eigenvalue weighted by molar-refractivity contribution is 5.79. The first kappa shape index (κ1) is 14.1. The van der Waals surface area contributed by atoms with Gasteiger partial charge in [0.2, 0.25) is 0 Å². The summed E-state index contributed by atoms with van der Waals surface area (Å²) in [4.78, 5) is 16.4. The summed E-state index contributed by atoms with van der Waals surface area (Å²) in [5, 5.41) is 3.35. The van der Waals surface area contributed by atoms with E-state index < -0.39 is 0 Å². The first-order chi connectivity index (χ1) is 10.1. The summed E-state index contributed by atoms with van der Waals surface area (Å²) in [6, 6.07) is 4.35. The Bertz CT molecular complexity index is 673. The van der Waals surface area contributed by atoms with Gasteiger partial charge in [-0.2, -0.15) is 0 Å². The monoisotopic (exact) mass is 287 g/mol. The van der Waals surface area contributed by atoms with Gasteiger partial charge < -0.3 is 14.6 Å². The number of esters is 1. The fourth-order valence-electron chi connectivity index (χ4n) is 2.53. The van der Waals surface area contributed by atoms with E-state index in [-0.39, 0.29) is 12.0 Å². The van der Waals surface area contributed by atoms with Crippen molar-refractivity contribution in [2.75, 3.05) is 7.11 Å². The predicted octanol–water partition coefficient (Wildman–Crippen LogP) is 1.95. The van der Waals surface area contributed by atoms with E-state index >= 15 is 0 Å². The highest BCUT2D eigenvalue weighted by atomic mass is 16.5. The third-order valence-corrected chi connectivity index (χ3v) is 4.12. The third kappa shape index (κ3) is 2.93. The Morgan fingerprint density at radius 3 is 2.81 bits per heavy atom. The lowest BCUT2D eigenvalue weighted by Crippen LogP contribution is -2.42. The van der Waals surface area contributed by atoms with Crippen LogP contribution in [0, 0.1) is 13.8 Å². The van der Waals surface area contributed by atoms with Crippen molar-refractivity contribution in [1.29, 1.82) is 0 Å². The minimum absolute atomic E-state index is 0.215. The molecule has 1 unspecified atom stereocenters. The van der Waals surface area contributed by atoms with Crippen molar-refractivity contribution < 1.29 is 9.53 Å². The highest BCUT2D eigenvalue weighted by Crippen LogP contribution is 2.22. The molecule has 0 spiro atoms. The lowest BCUT2D eigenvalue weighted by Gasteiger charge is -2.17. The second-order valence-corrected chi connectivity index (χ2v) is 5.84. The van der Waals surface area contributed by atoms with Gasteiger partial charge in [0.1, 0.15) is 6.04 Å². The summed E-state index contributed by atoms with van der Waals surface area (Å²) in [5.41, 5.74) is 4.49. The molecule has 1 aromatic heterocycles. The Kier molecular flexibility index (Phi) is 3.68. The van der Waals surface area contributed by atoms with Gasteiger partial charge in [0.15, 0.2) is 0 Å². The van der Waals surface area contributed by atoms with Crippen molar-refractivity contribution in [3.8, 4) is 0 Å². The summed E-state index contributed by atoms with van der Waals surface area (Å²) in [7, 11) is 1.43. The maximum absolute atomic E-state index is 11.9. The molecule has 1 heterocycles. The summed E-state index contributed by atoms with van der Waals surface area (Å²) >= 11 is 0. The maximum atomic E-state index is 11.9. The molecular formula is C16H21N3O2. The molecule has 2 aromatic rings. The molecule has 0 amide bonds. The number of benzene rings is 1. The van der Waals surface area contributed by atoms with E-state index in [1.165, 1.54) is 18.2 Å². The first-order valence-corrected chi connectivity index (χ1v) is 7.34. The van der Waals surface area contributed by atoms with E-state index in [0.717, 1.165) is 23.9 Å². The van der Waals surface area contributed by atoms with Crippen LogP contribution in [0.5, 0.6) is 0 Å². The molecule has 5 heteroatoms. The number of rotatable bonds is 5. The lowest BCUT2D eigenvalue weighted by atomic mass is 10.1. The van der Waals surface area contributed by atoms with Crippen molar-refractivity contribution in [1.82, 2.24) is 14.9 Å². The second-order valence-electron chi connectivity index (χ2n) is 5.84. The van der Waals surface area contributed by atoms with Crippen LogP contribution < -0.4 is 5.32 Å². The predicted molar refractivity (Wildman–Crippen MR) is 81.2 cm³/mol. The summed E-state index contributed by atoms with van der Waals surface area (Å²) in [6.07, 6.45) is 4.07. The van der Waals surface area contributed by atoms with Crippen molar-refractivity contribution in [3.05, 3.63) is 29.6 Å². The molecule has 0 radical (unpaired) electrons. The van der Waals surface area contributed by atoms with Gasteiger partial charge in [-0.25, -0.2) is 4.98 Å². The quantitative estimate of drug-likeness (QED) is 0.854. The second kappa shape index (κ2) is 5.48. The van der Waals surface area contributed by atoms with Gasteiger partial charge in [-0.3, -0.25) is 4.79 Å². The van der Waals surface area contributed by atoms with Crippen LogP contribution in [-0.2, 0) is 16.1 Å². The van der Waals surface area contributed by atoms with E-state index in [1.807, 2.05) is 4.57 Å². The number of ether oxygens (including phenoxy) is 1. The number of nitrogens with one attached hydrogen (secondary N) is 1. The van der Waals surface area contributed by atoms with Crippen molar-refractivity contribution in [2.45, 2.75) is 45.3 Å². The summed E-state index contributed by atoms with van der Waals surface area (Å²) in [6.45, 7) is 4.72. The fraction of sp³-hybridized carbons (Fsp3) is 0.500. The molecule has 1 aliphatic carbocycles. The normalized spacial score (nSPS) is 16.1. The first-order valence-electron chi connectivity index (χ1n) is 7.34. The Hall–Kier alpha value is -1.88. The smallest absolute Gasteiger partial charge is 0.324 e. The van der Waals surface area contributed by atoms with Crippen molar-refractivity contribution >= 4 is 17.0 Å². The molecule has 1 fully saturated rings. The molecular weight excluding hydrogens is 266 g/mol. The van der Waals surface area contributed by atoms with Crippen molar-refractivity contribution in [2.24, 2.45) is 0 Å². The zero-order valence-corrected chi connectivity index (χ0v) is 12.7. The number of carbonyl (C=O) groups excluding carboxylic acids is 1. The van der Waals surface area contributed by atoms with Crippen LogP contribution in [0.15, 0.2) is 18.5 Å². The van der Waals surface area contributed by atoms with E-state index in [9.17, 15) is 4.79 Å². The molecule has 0 aliphatic heterocycles. The zero-order chi connectivity index (χ0) is 15.0. The molecule has 0 bridgehead atoms. The van der Waals surface area contributed by atoms with Crippen LogP contribution in [-0.4, -0.2) is 34.7 Å². The topological polar surface area (TPSA) is 56.2 Å². The maximum Gasteiger partial charge on any atom is 0.324 e. The van der Waals surface area contributed by atoms with Gasteiger partial charge in [-0.1, -0.05) is 0 Å². The standard InChI is InChI=1S/C16H21N3O2/c1-10-6-13-15(7-11(10)2)19(9-17-13)8-14(16(20)21-3)18-12-4-5-12/h6-7,9,12,14,18H,4-5,8H2,1-3H3. The molecule has 5 nitrogen and oxygen atoms in total. The van der Waals surface area contributed by atoms with Gasteiger partial charge in [-0.05, 0) is 49.9 Å². The molecule has 1 aromatic carbocycles. The molecule has 1 N–H and O–H groups in total. The number of methoxy groups -OCH3 is 1. The SMILES string of the molecule is COC(=O)C(Cn1cnc2cc(C)c(C)cc21)NC1CC1. The average molecular weight is 287 g/mol. The van der Waals surface area contributed by atoms with Crippen LogP contribution in [0.1, 0.15) is 24.0 Å². The van der Waals surface area contributed by atoms with Gasteiger partial charge in [0, 0.05) is 6.04 Å². The molecule has 1 saturated carbocycles. The number of imidazole rings is 1.